The lowest BCUT2D eigenvalue weighted by atomic mass is 10.1. The van der Waals surface area contributed by atoms with Crippen LogP contribution in [0.2, 0.25) is 5.02 Å². The normalized spacial score (nSPS) is 10.7. The van der Waals surface area contributed by atoms with Gasteiger partial charge in [-0.1, -0.05) is 35.8 Å². The van der Waals surface area contributed by atoms with Crippen molar-refractivity contribution in [2.24, 2.45) is 0 Å². The maximum absolute atomic E-state index is 5.93. The third-order valence-corrected chi connectivity index (χ3v) is 2.64. The molecule has 1 heterocycles. The van der Waals surface area contributed by atoms with E-state index in [0.29, 0.717) is 5.02 Å². The van der Waals surface area contributed by atoms with E-state index in [1.165, 1.54) is 0 Å². The fraction of sp³-hybridized carbons (Fsp3) is 0.308. The lowest BCUT2D eigenvalue weighted by molar-refractivity contribution is 0.420. The largest absolute Gasteiger partial charge is 0.356 e. The van der Waals surface area contributed by atoms with Crippen molar-refractivity contribution in [3.8, 4) is 11.3 Å². The fourth-order valence-corrected chi connectivity index (χ4v) is 1.76. The first-order valence-corrected chi connectivity index (χ1v) is 6.09. The Kier molecular flexibility index (Phi) is 4.18. The van der Waals surface area contributed by atoms with Gasteiger partial charge in [-0.3, -0.25) is 0 Å². The van der Waals surface area contributed by atoms with Gasteiger partial charge in [0.05, 0.1) is 5.69 Å². The number of rotatable bonds is 5. The lowest BCUT2D eigenvalue weighted by Gasteiger charge is -1.96. The highest BCUT2D eigenvalue weighted by Gasteiger charge is 2.06. The first-order valence-electron chi connectivity index (χ1n) is 5.72. The van der Waals surface area contributed by atoms with Gasteiger partial charge in [0.15, 0.2) is 5.76 Å². The molecule has 1 aromatic heterocycles. The molecule has 1 N–H and O–H groups in total. The maximum atomic E-state index is 5.93. The van der Waals surface area contributed by atoms with Crippen LogP contribution in [0.25, 0.3) is 11.3 Å². The molecule has 4 heteroatoms. The summed E-state index contributed by atoms with van der Waals surface area (Å²) in [4.78, 5) is 0. The summed E-state index contributed by atoms with van der Waals surface area (Å²) in [5, 5.41) is 7.99. The number of halogens is 1. The second kappa shape index (κ2) is 5.84. The summed E-state index contributed by atoms with van der Waals surface area (Å²) in [5.74, 6) is 0.751. The summed E-state index contributed by atoms with van der Waals surface area (Å²) in [6.45, 7) is 3.85. The summed E-state index contributed by atoms with van der Waals surface area (Å²) in [7, 11) is 0. The summed E-state index contributed by atoms with van der Waals surface area (Å²) >= 11 is 5.93. The van der Waals surface area contributed by atoms with Crippen LogP contribution < -0.4 is 5.32 Å². The zero-order valence-electron chi connectivity index (χ0n) is 9.74. The monoisotopic (exact) mass is 250 g/mol. The number of hydrogen-bond donors (Lipinski definition) is 1. The smallest absolute Gasteiger partial charge is 0.167 e. The fourth-order valence-electron chi connectivity index (χ4n) is 1.57. The average molecular weight is 251 g/mol. The molecule has 0 spiro atoms. The van der Waals surface area contributed by atoms with Gasteiger partial charge < -0.3 is 9.84 Å². The average Bonchev–Trinajstić information content (AvgIpc) is 2.78. The highest BCUT2D eigenvalue weighted by atomic mass is 35.5. The van der Waals surface area contributed by atoms with Gasteiger partial charge in [-0.25, -0.2) is 0 Å². The molecule has 0 saturated heterocycles. The van der Waals surface area contributed by atoms with Gasteiger partial charge in [0.25, 0.3) is 0 Å². The van der Waals surface area contributed by atoms with E-state index in [1.807, 2.05) is 30.3 Å². The van der Waals surface area contributed by atoms with Gasteiger partial charge in [0.1, 0.15) is 0 Å². The highest BCUT2D eigenvalue weighted by molar-refractivity contribution is 6.30. The van der Waals surface area contributed by atoms with Gasteiger partial charge in [0, 0.05) is 23.2 Å². The Balaban J connectivity index is 2.07. The predicted molar refractivity (Wildman–Crippen MR) is 68.9 cm³/mol. The van der Waals surface area contributed by atoms with Crippen LogP contribution in [0.3, 0.4) is 0 Å². The molecule has 3 nitrogen and oxygen atoms in total. The van der Waals surface area contributed by atoms with E-state index in [1.54, 1.807) is 0 Å². The molecule has 0 atom stereocenters. The minimum absolute atomic E-state index is 0.699. The van der Waals surface area contributed by atoms with Crippen LogP contribution in [-0.4, -0.2) is 11.7 Å². The number of nitrogens with zero attached hydrogens (tertiary/aromatic N) is 1. The summed E-state index contributed by atoms with van der Waals surface area (Å²) < 4.78 is 5.29. The molecule has 0 amide bonds. The first kappa shape index (κ1) is 12.1. The molecule has 90 valence electrons. The molecule has 0 radical (unpaired) electrons. The Hall–Kier alpha value is -1.32. The molecule has 0 aliphatic rings. The third kappa shape index (κ3) is 3.32. The Labute approximate surface area is 106 Å². The van der Waals surface area contributed by atoms with E-state index in [4.69, 9.17) is 16.1 Å². The molecule has 2 rings (SSSR count). The second-order valence-corrected chi connectivity index (χ2v) is 4.31. The molecule has 0 aliphatic carbocycles. The maximum Gasteiger partial charge on any atom is 0.167 e. The zero-order valence-corrected chi connectivity index (χ0v) is 10.5. The second-order valence-electron chi connectivity index (χ2n) is 3.87. The van der Waals surface area contributed by atoms with Gasteiger partial charge in [-0.15, -0.1) is 0 Å². The van der Waals surface area contributed by atoms with Crippen LogP contribution in [-0.2, 0) is 6.54 Å². The SMILES string of the molecule is CCCNCc1cc(-c2cccc(Cl)c2)on1. The van der Waals surface area contributed by atoms with Crippen molar-refractivity contribution in [1.82, 2.24) is 10.5 Å². The molecule has 0 bridgehead atoms. The van der Waals surface area contributed by atoms with Crippen molar-refractivity contribution in [3.63, 3.8) is 0 Å². The molecule has 1 aromatic carbocycles. The van der Waals surface area contributed by atoms with E-state index in [9.17, 15) is 0 Å². The van der Waals surface area contributed by atoms with Gasteiger partial charge in [-0.05, 0) is 25.1 Å². The Morgan fingerprint density at radius 1 is 1.35 bits per heavy atom. The number of aromatic nitrogens is 1. The standard InChI is InChI=1S/C13H15ClN2O/c1-2-6-15-9-12-8-13(17-16-12)10-4-3-5-11(14)7-10/h3-5,7-8,15H,2,6,9H2,1H3. The Bertz CT molecular complexity index is 482. The quantitative estimate of drug-likeness (QED) is 0.826. The molecular formula is C13H15ClN2O. The minimum atomic E-state index is 0.699. The van der Waals surface area contributed by atoms with E-state index >= 15 is 0 Å². The third-order valence-electron chi connectivity index (χ3n) is 2.40. The Morgan fingerprint density at radius 2 is 2.24 bits per heavy atom. The molecule has 2 aromatic rings. The highest BCUT2D eigenvalue weighted by Crippen LogP contribution is 2.23. The van der Waals surface area contributed by atoms with Crippen LogP contribution in [0.15, 0.2) is 34.9 Å². The van der Waals surface area contributed by atoms with Crippen LogP contribution >= 0.6 is 11.6 Å². The predicted octanol–water partition coefficient (Wildman–Crippen LogP) is 3.49. The van der Waals surface area contributed by atoms with Crippen LogP contribution in [0.4, 0.5) is 0 Å². The van der Waals surface area contributed by atoms with Crippen molar-refractivity contribution < 1.29 is 4.52 Å². The van der Waals surface area contributed by atoms with Crippen LogP contribution in [0, 0.1) is 0 Å². The Morgan fingerprint density at radius 3 is 3.00 bits per heavy atom. The molecule has 0 saturated carbocycles. The van der Waals surface area contributed by atoms with E-state index < -0.39 is 0 Å². The van der Waals surface area contributed by atoms with E-state index in [-0.39, 0.29) is 0 Å². The molecule has 0 fully saturated rings. The van der Waals surface area contributed by atoms with Gasteiger partial charge in [-0.2, -0.15) is 0 Å². The van der Waals surface area contributed by atoms with Crippen LogP contribution in [0.5, 0.6) is 0 Å². The summed E-state index contributed by atoms with van der Waals surface area (Å²) in [6, 6.07) is 9.50. The van der Waals surface area contributed by atoms with Gasteiger partial charge in [0.2, 0.25) is 0 Å². The van der Waals surface area contributed by atoms with Gasteiger partial charge >= 0.3 is 0 Å². The summed E-state index contributed by atoms with van der Waals surface area (Å²) in [6.07, 6.45) is 1.11. The molecule has 0 aliphatic heterocycles. The summed E-state index contributed by atoms with van der Waals surface area (Å²) in [5.41, 5.74) is 1.86. The van der Waals surface area contributed by atoms with Crippen molar-refractivity contribution in [2.45, 2.75) is 19.9 Å². The van der Waals surface area contributed by atoms with Crippen LogP contribution in [0.1, 0.15) is 19.0 Å². The van der Waals surface area contributed by atoms with Crippen molar-refractivity contribution in [3.05, 3.63) is 41.0 Å². The van der Waals surface area contributed by atoms with Crippen molar-refractivity contribution in [1.29, 1.82) is 0 Å². The zero-order chi connectivity index (χ0) is 12.1. The first-order chi connectivity index (χ1) is 8.29. The number of benzene rings is 1. The van der Waals surface area contributed by atoms with E-state index in [0.717, 1.165) is 36.5 Å². The number of hydrogen-bond acceptors (Lipinski definition) is 3. The number of nitrogens with one attached hydrogen (secondary N) is 1. The van der Waals surface area contributed by atoms with Crippen molar-refractivity contribution >= 4 is 11.6 Å². The lowest BCUT2D eigenvalue weighted by Crippen LogP contribution is -2.13. The molecule has 17 heavy (non-hydrogen) atoms. The molecule has 0 unspecified atom stereocenters. The molecular weight excluding hydrogens is 236 g/mol. The minimum Gasteiger partial charge on any atom is -0.356 e. The van der Waals surface area contributed by atoms with E-state index in [2.05, 4.69) is 17.4 Å². The topological polar surface area (TPSA) is 38.1 Å². The van der Waals surface area contributed by atoms with Crippen molar-refractivity contribution in [2.75, 3.05) is 6.54 Å².